The molecule has 1 aliphatic carbocycles. The highest BCUT2D eigenvalue weighted by molar-refractivity contribution is 5.89. The first-order valence-corrected chi connectivity index (χ1v) is 10.0. The topological polar surface area (TPSA) is 91.5 Å². The third-order valence-electron chi connectivity index (χ3n) is 5.92. The van der Waals surface area contributed by atoms with Gasteiger partial charge in [0.1, 0.15) is 0 Å². The van der Waals surface area contributed by atoms with Crippen molar-refractivity contribution < 1.29 is 5.11 Å². The molecular weight excluding hydrogens is 364 g/mol. The summed E-state index contributed by atoms with van der Waals surface area (Å²) in [6.45, 7) is 3.80. The van der Waals surface area contributed by atoms with Crippen molar-refractivity contribution in [2.24, 2.45) is 10.9 Å². The van der Waals surface area contributed by atoms with Gasteiger partial charge >= 0.3 is 0 Å². The lowest BCUT2D eigenvalue weighted by atomic mass is 9.78. The molecule has 1 aliphatic rings. The van der Waals surface area contributed by atoms with Crippen LogP contribution in [0.5, 0.6) is 0 Å². The van der Waals surface area contributed by atoms with Crippen molar-refractivity contribution >= 4 is 28.1 Å². The highest BCUT2D eigenvalue weighted by Crippen LogP contribution is 2.33. The summed E-state index contributed by atoms with van der Waals surface area (Å²) in [5.41, 5.74) is 4.08. The Morgan fingerprint density at radius 1 is 1.24 bits per heavy atom. The number of rotatable bonds is 3. The number of nitrogens with zero attached hydrogens (tertiary/aromatic N) is 5. The molecule has 2 N–H and O–H groups in total. The molecule has 1 saturated carbocycles. The Morgan fingerprint density at radius 2 is 2.07 bits per heavy atom. The summed E-state index contributed by atoms with van der Waals surface area (Å²) in [5.74, 6) is 0.960. The summed E-state index contributed by atoms with van der Waals surface area (Å²) in [4.78, 5) is 14.2. The van der Waals surface area contributed by atoms with Crippen molar-refractivity contribution in [1.82, 2.24) is 24.6 Å². The minimum atomic E-state index is -0.634. The molecule has 3 heterocycles. The van der Waals surface area contributed by atoms with Crippen molar-refractivity contribution in [3.8, 4) is 11.3 Å². The fourth-order valence-electron chi connectivity index (χ4n) is 4.14. The second-order valence-corrected chi connectivity index (χ2v) is 8.39. The molecule has 29 heavy (non-hydrogen) atoms. The van der Waals surface area contributed by atoms with Crippen LogP contribution in [0, 0.1) is 5.92 Å². The second-order valence-electron chi connectivity index (χ2n) is 8.39. The predicted octanol–water partition coefficient (Wildman–Crippen LogP) is 4.31. The van der Waals surface area contributed by atoms with Gasteiger partial charge in [-0.05, 0) is 51.5 Å². The molecule has 5 rings (SSSR count). The Kier molecular flexibility index (Phi) is 4.20. The van der Waals surface area contributed by atoms with Gasteiger partial charge in [0.15, 0.2) is 11.5 Å². The van der Waals surface area contributed by atoms with Crippen LogP contribution in [-0.4, -0.2) is 41.0 Å². The van der Waals surface area contributed by atoms with Gasteiger partial charge in [0.2, 0.25) is 0 Å². The lowest BCUT2D eigenvalue weighted by Gasteiger charge is -2.32. The monoisotopic (exact) mass is 388 g/mol. The molecular formula is C22H24N6O. The molecule has 0 aliphatic heterocycles. The number of H-pyrrole nitrogens is 1. The van der Waals surface area contributed by atoms with Crippen LogP contribution in [0.1, 0.15) is 39.5 Å². The van der Waals surface area contributed by atoms with Crippen LogP contribution >= 0.6 is 0 Å². The summed E-state index contributed by atoms with van der Waals surface area (Å²) in [5, 5.41) is 18.5. The van der Waals surface area contributed by atoms with Crippen LogP contribution in [0.3, 0.4) is 0 Å². The van der Waals surface area contributed by atoms with E-state index in [2.05, 4.69) is 27.3 Å². The van der Waals surface area contributed by atoms with Gasteiger partial charge in [0.05, 0.1) is 23.0 Å². The van der Waals surface area contributed by atoms with E-state index in [0.29, 0.717) is 11.7 Å². The zero-order valence-electron chi connectivity index (χ0n) is 16.6. The van der Waals surface area contributed by atoms with Gasteiger partial charge in [0, 0.05) is 35.3 Å². The number of imidazole rings is 1. The van der Waals surface area contributed by atoms with Crippen molar-refractivity contribution in [1.29, 1.82) is 0 Å². The first-order chi connectivity index (χ1) is 14.0. The van der Waals surface area contributed by atoms with Gasteiger partial charge in [-0.25, -0.2) is 15.0 Å². The number of fused-ring (bicyclic) bond motifs is 2. The molecule has 0 saturated heterocycles. The molecule has 7 nitrogen and oxygen atoms in total. The number of aliphatic hydroxyl groups is 1. The van der Waals surface area contributed by atoms with E-state index < -0.39 is 5.60 Å². The van der Waals surface area contributed by atoms with Crippen LogP contribution < -0.4 is 0 Å². The first kappa shape index (κ1) is 18.0. The number of hydrogen-bond donors (Lipinski definition) is 2. The lowest BCUT2D eigenvalue weighted by Crippen LogP contribution is -2.33. The summed E-state index contributed by atoms with van der Waals surface area (Å²) in [7, 11) is 0. The molecule has 0 radical (unpaired) electrons. The van der Waals surface area contributed by atoms with Crippen LogP contribution in [0.2, 0.25) is 0 Å². The standard InChI is InChI=1S/C22H24N6O/c1-22(2,29)16-5-7-17(8-6-16)25-20-21-23-9-10-28(21)13-19(26-20)14-3-4-15-12-24-27-18(15)11-14/h3-4,9-13,16,29H,5-8H2,1-2H3,(H,24,27). The Morgan fingerprint density at radius 3 is 2.86 bits per heavy atom. The molecule has 0 atom stereocenters. The van der Waals surface area contributed by atoms with Crippen molar-refractivity contribution in [2.75, 3.05) is 0 Å². The Hall–Kier alpha value is -3.06. The average molecular weight is 388 g/mol. The summed E-state index contributed by atoms with van der Waals surface area (Å²) in [6.07, 6.45) is 11.1. The normalized spacial score (nSPS) is 17.9. The van der Waals surface area contributed by atoms with Crippen LogP contribution in [-0.2, 0) is 0 Å². The Labute approximate surface area is 168 Å². The van der Waals surface area contributed by atoms with E-state index in [4.69, 9.17) is 9.98 Å². The number of aromatic nitrogens is 5. The van der Waals surface area contributed by atoms with E-state index in [1.165, 1.54) is 0 Å². The van der Waals surface area contributed by atoms with E-state index in [1.54, 1.807) is 6.20 Å². The van der Waals surface area contributed by atoms with E-state index in [0.717, 1.165) is 59.2 Å². The molecule has 3 aromatic heterocycles. The first-order valence-electron chi connectivity index (χ1n) is 10.0. The van der Waals surface area contributed by atoms with Crippen LogP contribution in [0.25, 0.3) is 27.8 Å². The maximum Gasteiger partial charge on any atom is 0.196 e. The molecule has 148 valence electrons. The summed E-state index contributed by atoms with van der Waals surface area (Å²) >= 11 is 0. The van der Waals surface area contributed by atoms with Gasteiger partial charge in [-0.2, -0.15) is 5.10 Å². The van der Waals surface area contributed by atoms with Gasteiger partial charge in [0.25, 0.3) is 0 Å². The minimum Gasteiger partial charge on any atom is -0.390 e. The van der Waals surface area contributed by atoms with E-state index in [1.807, 2.05) is 42.9 Å². The lowest BCUT2D eigenvalue weighted by molar-refractivity contribution is 0.00851. The fourth-order valence-corrected chi connectivity index (χ4v) is 4.14. The van der Waals surface area contributed by atoms with E-state index in [9.17, 15) is 5.11 Å². The average Bonchev–Trinajstić information content (AvgIpc) is 3.36. The quantitative estimate of drug-likeness (QED) is 0.547. The fraction of sp³-hybridized carbons (Fsp3) is 0.364. The van der Waals surface area contributed by atoms with Crippen molar-refractivity contribution in [2.45, 2.75) is 45.1 Å². The number of hydrogen-bond acceptors (Lipinski definition) is 5. The summed E-state index contributed by atoms with van der Waals surface area (Å²) < 4.78 is 1.97. The van der Waals surface area contributed by atoms with Crippen molar-refractivity contribution in [3.05, 3.63) is 43.0 Å². The highest BCUT2D eigenvalue weighted by atomic mass is 16.3. The Bertz CT molecular complexity index is 1200. The smallest absolute Gasteiger partial charge is 0.196 e. The molecule has 1 aromatic carbocycles. The van der Waals surface area contributed by atoms with E-state index in [-0.39, 0.29) is 0 Å². The van der Waals surface area contributed by atoms with Crippen LogP contribution in [0.15, 0.2) is 48.0 Å². The SMILES string of the molecule is CC(C)(O)C1CCC(=Nc2nc(-c3ccc4cn[nH]c4c3)cn3ccnc23)CC1. The second kappa shape index (κ2) is 6.77. The molecule has 7 heteroatoms. The largest absolute Gasteiger partial charge is 0.390 e. The van der Waals surface area contributed by atoms with Gasteiger partial charge in [-0.15, -0.1) is 0 Å². The highest BCUT2D eigenvalue weighted by Gasteiger charge is 2.30. The molecule has 0 unspecified atom stereocenters. The number of aliphatic imine (C=N–C) groups is 1. The molecule has 0 amide bonds. The Balaban J connectivity index is 1.51. The minimum absolute atomic E-state index is 0.313. The molecule has 4 aromatic rings. The maximum absolute atomic E-state index is 10.3. The molecule has 0 spiro atoms. The third-order valence-corrected chi connectivity index (χ3v) is 5.92. The zero-order valence-corrected chi connectivity index (χ0v) is 16.6. The predicted molar refractivity (Wildman–Crippen MR) is 113 cm³/mol. The van der Waals surface area contributed by atoms with Crippen LogP contribution in [0.4, 0.5) is 5.82 Å². The van der Waals surface area contributed by atoms with E-state index >= 15 is 0 Å². The zero-order chi connectivity index (χ0) is 20.0. The van der Waals surface area contributed by atoms with Gasteiger partial charge < -0.3 is 9.51 Å². The third kappa shape index (κ3) is 3.42. The number of nitrogens with one attached hydrogen (secondary N) is 1. The van der Waals surface area contributed by atoms with Gasteiger partial charge in [-0.1, -0.05) is 12.1 Å². The summed E-state index contributed by atoms with van der Waals surface area (Å²) in [6, 6.07) is 6.14. The number of aromatic amines is 1. The maximum atomic E-state index is 10.3. The van der Waals surface area contributed by atoms with Gasteiger partial charge in [-0.3, -0.25) is 5.10 Å². The molecule has 1 fully saturated rings. The number of benzene rings is 1. The van der Waals surface area contributed by atoms with Crippen molar-refractivity contribution in [3.63, 3.8) is 0 Å². The molecule has 0 bridgehead atoms.